The second-order valence-electron chi connectivity index (χ2n) is 2.95. The van der Waals surface area contributed by atoms with Crippen LogP contribution in [0.15, 0.2) is 17.5 Å². The van der Waals surface area contributed by atoms with Gasteiger partial charge in [-0.2, -0.15) is 0 Å². The summed E-state index contributed by atoms with van der Waals surface area (Å²) in [4.78, 5) is 0. The Balaban J connectivity index is 2.83. The van der Waals surface area contributed by atoms with E-state index >= 15 is 0 Å². The molecule has 13 heavy (non-hydrogen) atoms. The fourth-order valence-electron chi connectivity index (χ4n) is 1.43. The average molecular weight is 212 g/mol. The van der Waals surface area contributed by atoms with Gasteiger partial charge in [0.15, 0.2) is 0 Å². The first-order valence-electron chi connectivity index (χ1n) is 4.18. The van der Waals surface area contributed by atoms with Crippen LogP contribution in [0.1, 0.15) is 12.5 Å². The molecule has 0 bridgehead atoms. The Morgan fingerprint density at radius 3 is 3.00 bits per heavy atom. The third-order valence-electron chi connectivity index (χ3n) is 2.19. The molecule has 0 aliphatic carbocycles. The zero-order valence-corrected chi connectivity index (χ0v) is 8.88. The van der Waals surface area contributed by atoms with E-state index in [0.29, 0.717) is 5.02 Å². The van der Waals surface area contributed by atoms with Crippen molar-refractivity contribution in [2.24, 2.45) is 0 Å². The van der Waals surface area contributed by atoms with Gasteiger partial charge in [-0.1, -0.05) is 18.5 Å². The van der Waals surface area contributed by atoms with Gasteiger partial charge in [0.05, 0.1) is 10.7 Å². The van der Waals surface area contributed by atoms with Crippen molar-refractivity contribution in [1.82, 2.24) is 0 Å². The highest BCUT2D eigenvalue weighted by atomic mass is 35.5. The lowest BCUT2D eigenvalue weighted by Crippen LogP contribution is -1.91. The SMILES string of the molecule is CCc1cc2sccc2c(N)c1Cl. The maximum Gasteiger partial charge on any atom is 0.0674 e. The van der Waals surface area contributed by atoms with Crippen molar-refractivity contribution in [1.29, 1.82) is 0 Å². The van der Waals surface area contributed by atoms with E-state index in [9.17, 15) is 0 Å². The fraction of sp³-hybridized carbons (Fsp3) is 0.200. The standard InChI is InChI=1S/C10H10ClNS/c1-2-6-5-8-7(3-4-13-8)10(12)9(6)11/h3-5H,2,12H2,1H3. The van der Waals surface area contributed by atoms with Gasteiger partial charge in [0.2, 0.25) is 0 Å². The molecular weight excluding hydrogens is 202 g/mol. The third-order valence-corrected chi connectivity index (χ3v) is 3.50. The first-order valence-corrected chi connectivity index (χ1v) is 5.44. The Morgan fingerprint density at radius 2 is 2.31 bits per heavy atom. The second kappa shape index (κ2) is 3.20. The predicted molar refractivity (Wildman–Crippen MR) is 60.6 cm³/mol. The third kappa shape index (κ3) is 1.30. The number of rotatable bonds is 1. The van der Waals surface area contributed by atoms with Crippen molar-refractivity contribution in [2.45, 2.75) is 13.3 Å². The lowest BCUT2D eigenvalue weighted by atomic mass is 10.1. The molecule has 3 heteroatoms. The normalized spacial score (nSPS) is 10.9. The summed E-state index contributed by atoms with van der Waals surface area (Å²) in [5.74, 6) is 0. The summed E-state index contributed by atoms with van der Waals surface area (Å²) >= 11 is 7.81. The van der Waals surface area contributed by atoms with Crippen LogP contribution in [0.3, 0.4) is 0 Å². The van der Waals surface area contributed by atoms with Gasteiger partial charge in [0.25, 0.3) is 0 Å². The molecule has 0 unspecified atom stereocenters. The molecule has 0 aliphatic heterocycles. The molecule has 0 amide bonds. The van der Waals surface area contributed by atoms with E-state index in [2.05, 4.69) is 13.0 Å². The van der Waals surface area contributed by atoms with Gasteiger partial charge in [0.1, 0.15) is 0 Å². The largest absolute Gasteiger partial charge is 0.397 e. The number of aryl methyl sites for hydroxylation is 1. The Morgan fingerprint density at radius 1 is 1.54 bits per heavy atom. The van der Waals surface area contributed by atoms with E-state index in [4.69, 9.17) is 17.3 Å². The maximum atomic E-state index is 6.11. The number of hydrogen-bond acceptors (Lipinski definition) is 2. The van der Waals surface area contributed by atoms with Crippen LogP contribution in [-0.4, -0.2) is 0 Å². The van der Waals surface area contributed by atoms with Gasteiger partial charge in [-0.15, -0.1) is 11.3 Å². The van der Waals surface area contributed by atoms with E-state index in [-0.39, 0.29) is 0 Å². The molecule has 2 N–H and O–H groups in total. The van der Waals surface area contributed by atoms with Gasteiger partial charge in [-0.25, -0.2) is 0 Å². The summed E-state index contributed by atoms with van der Waals surface area (Å²) in [5, 5.41) is 3.83. The molecule has 0 saturated carbocycles. The van der Waals surface area contributed by atoms with Crippen LogP contribution in [0.2, 0.25) is 5.02 Å². The monoisotopic (exact) mass is 211 g/mol. The molecule has 0 atom stereocenters. The number of halogens is 1. The molecular formula is C10H10ClNS. The number of hydrogen-bond donors (Lipinski definition) is 1. The molecule has 0 radical (unpaired) electrons. The summed E-state index contributed by atoms with van der Waals surface area (Å²) in [5.41, 5.74) is 7.77. The van der Waals surface area contributed by atoms with Crippen molar-refractivity contribution < 1.29 is 0 Å². The maximum absolute atomic E-state index is 6.11. The number of benzene rings is 1. The highest BCUT2D eigenvalue weighted by Crippen LogP contribution is 2.35. The number of anilines is 1. The topological polar surface area (TPSA) is 26.0 Å². The van der Waals surface area contributed by atoms with E-state index in [1.807, 2.05) is 11.4 Å². The average Bonchev–Trinajstić information content (AvgIpc) is 2.59. The van der Waals surface area contributed by atoms with Crippen LogP contribution in [-0.2, 0) is 6.42 Å². The van der Waals surface area contributed by atoms with E-state index in [0.717, 1.165) is 23.1 Å². The van der Waals surface area contributed by atoms with Crippen LogP contribution in [0, 0.1) is 0 Å². The summed E-state index contributed by atoms with van der Waals surface area (Å²) in [6, 6.07) is 4.14. The molecule has 2 rings (SSSR count). The summed E-state index contributed by atoms with van der Waals surface area (Å²) in [6.45, 7) is 2.08. The molecule has 0 saturated heterocycles. The van der Waals surface area contributed by atoms with Crippen molar-refractivity contribution in [3.8, 4) is 0 Å². The number of nitrogens with two attached hydrogens (primary N) is 1. The van der Waals surface area contributed by atoms with Gasteiger partial charge < -0.3 is 5.73 Å². The van der Waals surface area contributed by atoms with Gasteiger partial charge in [-0.05, 0) is 29.5 Å². The molecule has 0 fully saturated rings. The highest BCUT2D eigenvalue weighted by molar-refractivity contribution is 7.17. The highest BCUT2D eigenvalue weighted by Gasteiger charge is 2.08. The van der Waals surface area contributed by atoms with Crippen LogP contribution in [0.4, 0.5) is 5.69 Å². The van der Waals surface area contributed by atoms with Crippen LogP contribution in [0.5, 0.6) is 0 Å². The van der Waals surface area contributed by atoms with Crippen molar-refractivity contribution >= 4 is 38.7 Å². The van der Waals surface area contributed by atoms with Crippen molar-refractivity contribution in [3.05, 3.63) is 28.1 Å². The van der Waals surface area contributed by atoms with Crippen molar-refractivity contribution in [3.63, 3.8) is 0 Å². The Hall–Kier alpha value is -0.730. The van der Waals surface area contributed by atoms with Gasteiger partial charge in [0, 0.05) is 10.1 Å². The van der Waals surface area contributed by atoms with Crippen LogP contribution < -0.4 is 5.73 Å². The molecule has 1 aromatic carbocycles. The zero-order chi connectivity index (χ0) is 9.42. The lowest BCUT2D eigenvalue weighted by Gasteiger charge is -2.05. The minimum Gasteiger partial charge on any atom is -0.397 e. The minimum absolute atomic E-state index is 0.716. The molecule has 1 heterocycles. The van der Waals surface area contributed by atoms with E-state index < -0.39 is 0 Å². The number of thiophene rings is 1. The molecule has 2 aromatic rings. The summed E-state index contributed by atoms with van der Waals surface area (Å²) in [7, 11) is 0. The van der Waals surface area contributed by atoms with E-state index in [1.54, 1.807) is 11.3 Å². The van der Waals surface area contributed by atoms with E-state index in [1.165, 1.54) is 4.70 Å². The van der Waals surface area contributed by atoms with Gasteiger partial charge >= 0.3 is 0 Å². The van der Waals surface area contributed by atoms with Crippen molar-refractivity contribution in [2.75, 3.05) is 5.73 Å². The molecule has 68 valence electrons. The van der Waals surface area contributed by atoms with Crippen LogP contribution in [0.25, 0.3) is 10.1 Å². The first-order chi connectivity index (χ1) is 6.24. The number of nitrogen functional groups attached to an aromatic ring is 1. The quantitative estimate of drug-likeness (QED) is 0.716. The molecule has 1 nitrogen and oxygen atoms in total. The minimum atomic E-state index is 0.716. The zero-order valence-electron chi connectivity index (χ0n) is 7.30. The first kappa shape index (κ1) is 8.85. The predicted octanol–water partition coefficient (Wildman–Crippen LogP) is 3.70. The number of fused-ring (bicyclic) bond motifs is 1. The summed E-state index contributed by atoms with van der Waals surface area (Å²) in [6.07, 6.45) is 0.927. The summed E-state index contributed by atoms with van der Waals surface area (Å²) < 4.78 is 1.22. The smallest absolute Gasteiger partial charge is 0.0674 e. The lowest BCUT2D eigenvalue weighted by molar-refractivity contribution is 1.15. The fourth-order valence-corrected chi connectivity index (χ4v) is 2.58. The second-order valence-corrected chi connectivity index (χ2v) is 4.27. The Labute approximate surface area is 86.1 Å². The molecule has 1 aromatic heterocycles. The van der Waals surface area contributed by atoms with Gasteiger partial charge in [-0.3, -0.25) is 0 Å². The van der Waals surface area contributed by atoms with Crippen LogP contribution >= 0.6 is 22.9 Å². The molecule has 0 spiro atoms. The Kier molecular flexibility index (Phi) is 2.18. The Bertz CT molecular complexity index is 447. The molecule has 0 aliphatic rings.